The fourth-order valence-electron chi connectivity index (χ4n) is 0.124. The van der Waals surface area contributed by atoms with E-state index in [1.165, 1.54) is 0 Å². The maximum atomic E-state index is 11.0. The van der Waals surface area contributed by atoms with Crippen LogP contribution in [-0.4, -0.2) is 21.3 Å². The highest BCUT2D eigenvalue weighted by Crippen LogP contribution is 1.90. The molecule has 0 saturated carbocycles. The van der Waals surface area contributed by atoms with Crippen molar-refractivity contribution >= 4 is 10.0 Å². The van der Waals surface area contributed by atoms with Crippen LogP contribution in [0, 0.1) is 0 Å². The van der Waals surface area contributed by atoms with Crippen molar-refractivity contribution < 1.29 is 22.0 Å². The standard InChI is InChI=1S/C2H5F2NO3S/c1-9(6,7)5-8-2(3)4/h2,5H,1H3. The van der Waals surface area contributed by atoms with Crippen LogP contribution in [0.15, 0.2) is 0 Å². The molecule has 0 bridgehead atoms. The van der Waals surface area contributed by atoms with Gasteiger partial charge in [-0.1, -0.05) is 4.89 Å². The summed E-state index contributed by atoms with van der Waals surface area (Å²) in [6.07, 6.45) is 0.704. The van der Waals surface area contributed by atoms with Crippen molar-refractivity contribution in [3.05, 3.63) is 0 Å². The quantitative estimate of drug-likeness (QED) is 0.577. The predicted molar refractivity (Wildman–Crippen MR) is 25.1 cm³/mol. The maximum absolute atomic E-state index is 11.0. The maximum Gasteiger partial charge on any atom is 0.361 e. The molecule has 7 heteroatoms. The van der Waals surface area contributed by atoms with E-state index in [0.29, 0.717) is 6.26 Å². The fraction of sp³-hybridized carbons (Fsp3) is 1.00. The van der Waals surface area contributed by atoms with Gasteiger partial charge in [0.2, 0.25) is 10.0 Å². The monoisotopic (exact) mass is 161 g/mol. The van der Waals surface area contributed by atoms with Crippen LogP contribution in [-0.2, 0) is 14.9 Å². The van der Waals surface area contributed by atoms with Crippen LogP contribution in [0.3, 0.4) is 0 Å². The van der Waals surface area contributed by atoms with E-state index in [-0.39, 0.29) is 0 Å². The Hall–Kier alpha value is -0.270. The van der Waals surface area contributed by atoms with Crippen molar-refractivity contribution in [2.24, 2.45) is 0 Å². The number of halogens is 2. The number of rotatable bonds is 3. The molecule has 0 aliphatic carbocycles. The van der Waals surface area contributed by atoms with Crippen LogP contribution in [0.1, 0.15) is 0 Å². The van der Waals surface area contributed by atoms with Crippen molar-refractivity contribution in [1.29, 1.82) is 0 Å². The SMILES string of the molecule is CS(=O)(=O)NOC(F)F. The van der Waals surface area contributed by atoms with Crippen molar-refractivity contribution in [2.75, 3.05) is 6.26 Å². The zero-order valence-corrected chi connectivity index (χ0v) is 5.28. The summed E-state index contributed by atoms with van der Waals surface area (Å²) in [5.41, 5.74) is 0. The largest absolute Gasteiger partial charge is 0.361 e. The van der Waals surface area contributed by atoms with Gasteiger partial charge in [-0.3, -0.25) is 0 Å². The molecule has 0 aromatic carbocycles. The molecule has 0 aromatic heterocycles. The number of alkyl halides is 2. The van der Waals surface area contributed by atoms with Gasteiger partial charge in [-0.25, -0.2) is 13.3 Å². The number of nitrogens with one attached hydrogen (secondary N) is 1. The summed E-state index contributed by atoms with van der Waals surface area (Å²) in [4.78, 5) is 4.38. The third-order valence-corrected chi connectivity index (χ3v) is 0.688. The normalized spacial score (nSPS) is 12.4. The van der Waals surface area contributed by atoms with Gasteiger partial charge in [0.25, 0.3) is 0 Å². The van der Waals surface area contributed by atoms with Gasteiger partial charge in [-0.2, -0.15) is 8.78 Å². The second-order valence-electron chi connectivity index (χ2n) is 1.23. The van der Waals surface area contributed by atoms with Crippen molar-refractivity contribution in [3.63, 3.8) is 0 Å². The van der Waals surface area contributed by atoms with E-state index in [1.54, 1.807) is 0 Å². The molecular weight excluding hydrogens is 156 g/mol. The summed E-state index contributed by atoms with van der Waals surface area (Å²) in [5.74, 6) is 0. The summed E-state index contributed by atoms with van der Waals surface area (Å²) in [6.45, 7) is -3.13. The molecule has 1 N–H and O–H groups in total. The molecule has 0 unspecified atom stereocenters. The molecular formula is C2H5F2NO3S. The van der Waals surface area contributed by atoms with Gasteiger partial charge < -0.3 is 0 Å². The van der Waals surface area contributed by atoms with Crippen molar-refractivity contribution in [2.45, 2.75) is 6.61 Å². The van der Waals surface area contributed by atoms with Crippen LogP contribution in [0.25, 0.3) is 0 Å². The van der Waals surface area contributed by atoms with Gasteiger partial charge in [0.15, 0.2) is 0 Å². The molecule has 0 aliphatic heterocycles. The average Bonchev–Trinajstić information content (AvgIpc) is 1.59. The Morgan fingerprint density at radius 2 is 2.00 bits per heavy atom. The Balaban J connectivity index is 3.53. The number of hydrogen-bond donors (Lipinski definition) is 1. The molecule has 0 atom stereocenters. The van der Waals surface area contributed by atoms with Gasteiger partial charge in [0.1, 0.15) is 0 Å². The molecule has 0 amide bonds. The molecule has 0 heterocycles. The Morgan fingerprint density at radius 3 is 2.11 bits per heavy atom. The minimum atomic E-state index is -3.67. The molecule has 0 aromatic rings. The van der Waals surface area contributed by atoms with Crippen LogP contribution in [0.5, 0.6) is 0 Å². The second-order valence-corrected chi connectivity index (χ2v) is 2.95. The first-order chi connectivity index (χ1) is 3.92. The van der Waals surface area contributed by atoms with E-state index in [9.17, 15) is 17.2 Å². The Bertz CT molecular complexity index is 165. The first-order valence-electron chi connectivity index (χ1n) is 1.82. The van der Waals surface area contributed by atoms with Crippen LogP contribution in [0.2, 0.25) is 0 Å². The Labute approximate surface area is 50.8 Å². The zero-order valence-electron chi connectivity index (χ0n) is 4.47. The highest BCUT2D eigenvalue weighted by atomic mass is 32.2. The minimum absolute atomic E-state index is 0.704. The molecule has 56 valence electrons. The van der Waals surface area contributed by atoms with Crippen molar-refractivity contribution in [1.82, 2.24) is 4.89 Å². The van der Waals surface area contributed by atoms with Crippen LogP contribution >= 0.6 is 0 Å². The molecule has 0 saturated heterocycles. The van der Waals surface area contributed by atoms with E-state index in [0.717, 1.165) is 4.89 Å². The van der Waals surface area contributed by atoms with Gasteiger partial charge in [0, 0.05) is 0 Å². The highest BCUT2D eigenvalue weighted by Gasteiger charge is 2.05. The van der Waals surface area contributed by atoms with Gasteiger partial charge >= 0.3 is 6.61 Å². The smallest absolute Gasteiger partial charge is 0.220 e. The molecule has 4 nitrogen and oxygen atoms in total. The third-order valence-electron chi connectivity index (χ3n) is 0.289. The lowest BCUT2D eigenvalue weighted by Gasteiger charge is -1.99. The first-order valence-corrected chi connectivity index (χ1v) is 3.71. The number of hydrogen-bond acceptors (Lipinski definition) is 3. The van der Waals surface area contributed by atoms with Gasteiger partial charge in [-0.05, 0) is 0 Å². The lowest BCUT2D eigenvalue weighted by atomic mass is 11.5. The number of sulfonamides is 1. The first kappa shape index (κ1) is 8.73. The topological polar surface area (TPSA) is 55.4 Å². The molecule has 0 radical (unpaired) electrons. The van der Waals surface area contributed by atoms with Gasteiger partial charge in [-0.15, -0.1) is 0 Å². The summed E-state index contributed by atoms with van der Waals surface area (Å²) in [6, 6.07) is 0. The third kappa shape index (κ3) is 7.73. The van der Waals surface area contributed by atoms with E-state index in [1.807, 2.05) is 0 Å². The zero-order chi connectivity index (χ0) is 7.49. The Morgan fingerprint density at radius 1 is 1.56 bits per heavy atom. The molecule has 0 rings (SSSR count). The van der Waals surface area contributed by atoms with E-state index < -0.39 is 16.6 Å². The highest BCUT2D eigenvalue weighted by molar-refractivity contribution is 7.88. The molecule has 9 heavy (non-hydrogen) atoms. The average molecular weight is 161 g/mol. The molecule has 0 aliphatic rings. The second kappa shape index (κ2) is 3.04. The summed E-state index contributed by atoms with van der Waals surface area (Å²) >= 11 is 0. The van der Waals surface area contributed by atoms with E-state index in [2.05, 4.69) is 4.84 Å². The van der Waals surface area contributed by atoms with Crippen molar-refractivity contribution in [3.8, 4) is 0 Å². The summed E-state index contributed by atoms with van der Waals surface area (Å²) < 4.78 is 42.0. The lowest BCUT2D eigenvalue weighted by Crippen LogP contribution is -2.24. The van der Waals surface area contributed by atoms with Gasteiger partial charge in [0.05, 0.1) is 6.26 Å². The molecule has 0 spiro atoms. The lowest BCUT2D eigenvalue weighted by molar-refractivity contribution is -0.150. The fourth-order valence-corrected chi connectivity index (χ4v) is 0.371. The summed E-state index contributed by atoms with van der Waals surface area (Å²) in [7, 11) is -3.67. The van der Waals surface area contributed by atoms with E-state index >= 15 is 0 Å². The van der Waals surface area contributed by atoms with Crippen LogP contribution < -0.4 is 4.89 Å². The Kier molecular flexibility index (Phi) is 2.95. The van der Waals surface area contributed by atoms with Crippen LogP contribution in [0.4, 0.5) is 8.78 Å². The minimum Gasteiger partial charge on any atom is -0.220 e. The van der Waals surface area contributed by atoms with E-state index in [4.69, 9.17) is 0 Å². The summed E-state index contributed by atoms with van der Waals surface area (Å²) in [5, 5.41) is 0. The molecule has 0 fully saturated rings. The predicted octanol–water partition coefficient (Wildman–Crippen LogP) is -0.310.